The van der Waals surface area contributed by atoms with Crippen molar-refractivity contribution >= 4 is 17.4 Å². The average molecular weight is 282 g/mol. The monoisotopic (exact) mass is 282 g/mol. The molecular formula is C17H18N2O2. The molecule has 0 bridgehead atoms. The summed E-state index contributed by atoms with van der Waals surface area (Å²) in [5.41, 5.74) is 2.61. The Morgan fingerprint density at radius 3 is 2.33 bits per heavy atom. The van der Waals surface area contributed by atoms with Gasteiger partial charge in [-0.2, -0.15) is 0 Å². The zero-order valence-electron chi connectivity index (χ0n) is 12.4. The second kappa shape index (κ2) is 6.31. The Kier molecular flexibility index (Phi) is 4.48. The number of carbonyl (C=O) groups is 2. The number of anilines is 1. The lowest BCUT2D eigenvalue weighted by Gasteiger charge is -2.12. The number of aromatic nitrogens is 1. The van der Waals surface area contributed by atoms with Crippen LogP contribution in [0.3, 0.4) is 0 Å². The number of ketones is 1. The first-order chi connectivity index (χ1) is 9.99. The van der Waals surface area contributed by atoms with Crippen LogP contribution in [-0.2, 0) is 4.79 Å². The van der Waals surface area contributed by atoms with Crippen molar-refractivity contribution in [3.8, 4) is 11.1 Å². The first-order valence-corrected chi connectivity index (χ1v) is 6.86. The SMILES string of the molecule is CC(=O)Nc1cc(-c2ccccc2)cnc1C(=O)C(C)C. The van der Waals surface area contributed by atoms with Crippen molar-refractivity contribution in [3.63, 3.8) is 0 Å². The number of rotatable bonds is 4. The minimum absolute atomic E-state index is 0.0849. The van der Waals surface area contributed by atoms with Crippen LogP contribution < -0.4 is 5.32 Å². The maximum atomic E-state index is 12.2. The Morgan fingerprint density at radius 2 is 1.76 bits per heavy atom. The van der Waals surface area contributed by atoms with E-state index in [1.165, 1.54) is 6.92 Å². The fourth-order valence-corrected chi connectivity index (χ4v) is 2.01. The van der Waals surface area contributed by atoms with E-state index >= 15 is 0 Å². The van der Waals surface area contributed by atoms with Crippen LogP contribution in [0.4, 0.5) is 5.69 Å². The molecule has 1 amide bonds. The highest BCUT2D eigenvalue weighted by molar-refractivity contribution is 6.04. The first kappa shape index (κ1) is 14.9. The fourth-order valence-electron chi connectivity index (χ4n) is 2.01. The van der Waals surface area contributed by atoms with Gasteiger partial charge in [0, 0.05) is 24.6 Å². The summed E-state index contributed by atoms with van der Waals surface area (Å²) >= 11 is 0. The molecule has 1 aromatic heterocycles. The molecule has 2 aromatic rings. The van der Waals surface area contributed by atoms with Crippen molar-refractivity contribution in [1.29, 1.82) is 0 Å². The maximum absolute atomic E-state index is 12.2. The highest BCUT2D eigenvalue weighted by Gasteiger charge is 2.18. The van der Waals surface area contributed by atoms with E-state index in [2.05, 4.69) is 10.3 Å². The fraction of sp³-hybridized carbons (Fsp3) is 0.235. The standard InChI is InChI=1S/C17H18N2O2/c1-11(2)17(21)16-15(19-12(3)20)9-14(10-18-16)13-7-5-4-6-8-13/h4-11H,1-3H3,(H,19,20). The number of benzene rings is 1. The zero-order chi connectivity index (χ0) is 15.4. The third kappa shape index (κ3) is 3.54. The number of hydrogen-bond acceptors (Lipinski definition) is 3. The zero-order valence-corrected chi connectivity index (χ0v) is 12.4. The van der Waals surface area contributed by atoms with Crippen molar-refractivity contribution in [1.82, 2.24) is 4.98 Å². The van der Waals surface area contributed by atoms with Gasteiger partial charge < -0.3 is 5.32 Å². The average Bonchev–Trinajstić information content (AvgIpc) is 2.46. The van der Waals surface area contributed by atoms with E-state index in [1.54, 1.807) is 12.3 Å². The summed E-state index contributed by atoms with van der Waals surface area (Å²) in [7, 11) is 0. The van der Waals surface area contributed by atoms with Crippen LogP contribution >= 0.6 is 0 Å². The van der Waals surface area contributed by atoms with Gasteiger partial charge in [-0.05, 0) is 11.6 Å². The molecule has 0 spiro atoms. The summed E-state index contributed by atoms with van der Waals surface area (Å²) in [5, 5.41) is 2.70. The van der Waals surface area contributed by atoms with E-state index in [-0.39, 0.29) is 17.6 Å². The second-order valence-electron chi connectivity index (χ2n) is 5.19. The normalized spacial score (nSPS) is 10.5. The molecule has 4 nitrogen and oxygen atoms in total. The summed E-state index contributed by atoms with van der Waals surface area (Å²) in [5.74, 6) is -0.481. The van der Waals surface area contributed by atoms with E-state index in [0.29, 0.717) is 11.4 Å². The predicted molar refractivity (Wildman–Crippen MR) is 83.1 cm³/mol. The predicted octanol–water partition coefficient (Wildman–Crippen LogP) is 3.55. The van der Waals surface area contributed by atoms with E-state index < -0.39 is 0 Å². The number of nitrogens with one attached hydrogen (secondary N) is 1. The molecule has 0 unspecified atom stereocenters. The number of nitrogens with zero attached hydrogens (tertiary/aromatic N) is 1. The van der Waals surface area contributed by atoms with Crippen LogP contribution in [0.15, 0.2) is 42.6 Å². The molecule has 0 radical (unpaired) electrons. The Morgan fingerprint density at radius 1 is 1.10 bits per heavy atom. The minimum atomic E-state index is -0.222. The van der Waals surface area contributed by atoms with Gasteiger partial charge in [0.05, 0.1) is 5.69 Å². The van der Waals surface area contributed by atoms with Gasteiger partial charge in [-0.1, -0.05) is 44.2 Å². The van der Waals surface area contributed by atoms with Crippen molar-refractivity contribution in [2.24, 2.45) is 5.92 Å². The molecular weight excluding hydrogens is 264 g/mol. The molecule has 0 saturated carbocycles. The lowest BCUT2D eigenvalue weighted by molar-refractivity contribution is -0.114. The van der Waals surface area contributed by atoms with Crippen LogP contribution in [0.1, 0.15) is 31.3 Å². The Hall–Kier alpha value is -2.49. The van der Waals surface area contributed by atoms with Crippen LogP contribution in [-0.4, -0.2) is 16.7 Å². The highest BCUT2D eigenvalue weighted by Crippen LogP contribution is 2.25. The third-order valence-electron chi connectivity index (χ3n) is 3.06. The van der Waals surface area contributed by atoms with E-state index in [9.17, 15) is 9.59 Å². The van der Waals surface area contributed by atoms with Crippen LogP contribution in [0, 0.1) is 5.92 Å². The molecule has 1 aromatic carbocycles. The summed E-state index contributed by atoms with van der Waals surface area (Å²) in [6, 6.07) is 11.5. The van der Waals surface area contributed by atoms with Gasteiger partial charge in [0.2, 0.25) is 5.91 Å². The van der Waals surface area contributed by atoms with Crippen molar-refractivity contribution in [2.45, 2.75) is 20.8 Å². The summed E-state index contributed by atoms with van der Waals surface area (Å²) < 4.78 is 0. The van der Waals surface area contributed by atoms with Crippen LogP contribution in [0.5, 0.6) is 0 Å². The second-order valence-corrected chi connectivity index (χ2v) is 5.19. The summed E-state index contributed by atoms with van der Waals surface area (Å²) in [6.45, 7) is 5.04. The van der Waals surface area contributed by atoms with E-state index in [0.717, 1.165) is 11.1 Å². The lowest BCUT2D eigenvalue weighted by Crippen LogP contribution is -2.16. The summed E-state index contributed by atoms with van der Waals surface area (Å²) in [6.07, 6.45) is 1.66. The largest absolute Gasteiger partial charge is 0.324 e. The van der Waals surface area contributed by atoms with E-state index in [1.807, 2.05) is 44.2 Å². The summed E-state index contributed by atoms with van der Waals surface area (Å²) in [4.78, 5) is 27.8. The van der Waals surface area contributed by atoms with E-state index in [4.69, 9.17) is 0 Å². The molecule has 4 heteroatoms. The Labute approximate surface area is 124 Å². The van der Waals surface area contributed by atoms with Gasteiger partial charge >= 0.3 is 0 Å². The first-order valence-electron chi connectivity index (χ1n) is 6.86. The number of carbonyl (C=O) groups excluding carboxylic acids is 2. The van der Waals surface area contributed by atoms with Gasteiger partial charge in [-0.25, -0.2) is 0 Å². The van der Waals surface area contributed by atoms with Crippen LogP contribution in [0.2, 0.25) is 0 Å². The molecule has 108 valence electrons. The van der Waals surface area contributed by atoms with Gasteiger partial charge in [-0.3, -0.25) is 14.6 Å². The minimum Gasteiger partial charge on any atom is -0.324 e. The molecule has 0 fully saturated rings. The highest BCUT2D eigenvalue weighted by atomic mass is 16.1. The molecule has 0 atom stereocenters. The quantitative estimate of drug-likeness (QED) is 0.872. The molecule has 2 rings (SSSR count). The molecule has 0 aliphatic rings. The smallest absolute Gasteiger partial charge is 0.221 e. The molecule has 1 heterocycles. The van der Waals surface area contributed by atoms with Gasteiger partial charge in [0.25, 0.3) is 0 Å². The number of hydrogen-bond donors (Lipinski definition) is 1. The number of Topliss-reactive ketones (excluding diaryl/α,β-unsaturated/α-hetero) is 1. The van der Waals surface area contributed by atoms with Crippen LogP contribution in [0.25, 0.3) is 11.1 Å². The molecule has 1 N–H and O–H groups in total. The Balaban J connectivity index is 2.49. The lowest BCUT2D eigenvalue weighted by atomic mass is 10.0. The molecule has 0 aliphatic carbocycles. The third-order valence-corrected chi connectivity index (χ3v) is 3.06. The maximum Gasteiger partial charge on any atom is 0.221 e. The Bertz CT molecular complexity index is 664. The van der Waals surface area contributed by atoms with Gasteiger partial charge in [-0.15, -0.1) is 0 Å². The van der Waals surface area contributed by atoms with Gasteiger partial charge in [0.15, 0.2) is 5.78 Å². The molecule has 21 heavy (non-hydrogen) atoms. The molecule has 0 saturated heterocycles. The van der Waals surface area contributed by atoms with Gasteiger partial charge in [0.1, 0.15) is 5.69 Å². The topological polar surface area (TPSA) is 59.1 Å². The number of pyridine rings is 1. The van der Waals surface area contributed by atoms with Crippen molar-refractivity contribution in [3.05, 3.63) is 48.3 Å². The van der Waals surface area contributed by atoms with Crippen molar-refractivity contribution < 1.29 is 9.59 Å². The number of amides is 1. The van der Waals surface area contributed by atoms with Crippen molar-refractivity contribution in [2.75, 3.05) is 5.32 Å². The molecule has 0 aliphatic heterocycles.